The van der Waals surface area contributed by atoms with Gasteiger partial charge in [-0.25, -0.2) is 0 Å². The summed E-state index contributed by atoms with van der Waals surface area (Å²) in [6.45, 7) is 10.7. The Morgan fingerprint density at radius 2 is 0.939 bits per heavy atom. The lowest BCUT2D eigenvalue weighted by Gasteiger charge is -2.09. The average molecular weight is 469 g/mol. The van der Waals surface area contributed by atoms with Crippen molar-refractivity contribution in [3.63, 3.8) is 0 Å². The van der Waals surface area contributed by atoms with Gasteiger partial charge in [0, 0.05) is 6.61 Å². The molecule has 0 radical (unpaired) electrons. The Labute approximate surface area is 202 Å². The van der Waals surface area contributed by atoms with Gasteiger partial charge in [0.1, 0.15) is 12.4 Å². The topological polar surface area (TPSA) is 55.4 Å². The molecule has 0 aliphatic heterocycles. The van der Waals surface area contributed by atoms with Crippen LogP contribution in [0.5, 0.6) is 5.75 Å². The van der Waals surface area contributed by atoms with Crippen LogP contribution >= 0.6 is 0 Å². The van der Waals surface area contributed by atoms with E-state index in [1.54, 1.807) is 0 Å². The molecule has 0 bridgehead atoms. The Morgan fingerprint density at radius 3 is 1.45 bits per heavy atom. The fraction of sp³-hybridized carbons (Fsp3) is 0.778. The average Bonchev–Trinajstić information content (AvgIpc) is 2.84. The van der Waals surface area contributed by atoms with Gasteiger partial charge in [-0.15, -0.1) is 0 Å². The van der Waals surface area contributed by atoms with Crippen LogP contribution in [0.15, 0.2) is 24.3 Å². The van der Waals surface area contributed by atoms with E-state index in [1.165, 1.54) is 50.5 Å². The summed E-state index contributed by atoms with van der Waals surface area (Å²) in [5.74, 6) is 0.900. The Kier molecular flexibility index (Phi) is 21.7. The molecular formula is C27H48O6. The first kappa shape index (κ1) is 29.9. The van der Waals surface area contributed by atoms with Crippen molar-refractivity contribution >= 4 is 0 Å². The van der Waals surface area contributed by atoms with Crippen LogP contribution in [0.1, 0.15) is 64.4 Å². The maximum Gasteiger partial charge on any atom is 0.119 e. The Bertz CT molecular complexity index is 508. The van der Waals surface area contributed by atoms with Gasteiger partial charge in [0.05, 0.1) is 59.5 Å². The maximum absolute atomic E-state index is 5.75. The number of hydrogen-bond donors (Lipinski definition) is 0. The molecule has 0 heterocycles. The molecule has 0 saturated heterocycles. The van der Waals surface area contributed by atoms with Gasteiger partial charge in [0.2, 0.25) is 0 Å². The van der Waals surface area contributed by atoms with Gasteiger partial charge in [0.25, 0.3) is 0 Å². The highest BCUT2D eigenvalue weighted by atomic mass is 16.6. The SMILES string of the molecule is CCCCCCCCCc1ccc(OCCOCCOCCOCCOCCOCC)cc1. The number of benzene rings is 1. The van der Waals surface area contributed by atoms with Crippen LogP contribution in [-0.2, 0) is 30.1 Å². The Hall–Kier alpha value is -1.18. The second kappa shape index (κ2) is 24.0. The minimum atomic E-state index is 0.545. The molecule has 0 N–H and O–H groups in total. The fourth-order valence-corrected chi connectivity index (χ4v) is 3.28. The largest absolute Gasteiger partial charge is 0.491 e. The minimum absolute atomic E-state index is 0.545. The molecule has 1 aromatic rings. The molecule has 0 aliphatic carbocycles. The van der Waals surface area contributed by atoms with E-state index in [1.807, 2.05) is 6.92 Å². The zero-order valence-electron chi connectivity index (χ0n) is 21.2. The minimum Gasteiger partial charge on any atom is -0.491 e. The van der Waals surface area contributed by atoms with Gasteiger partial charge < -0.3 is 28.4 Å². The van der Waals surface area contributed by atoms with Crippen molar-refractivity contribution in [3.8, 4) is 5.75 Å². The number of hydrogen-bond acceptors (Lipinski definition) is 6. The molecule has 0 atom stereocenters. The van der Waals surface area contributed by atoms with E-state index in [0.29, 0.717) is 66.1 Å². The highest BCUT2D eigenvalue weighted by Gasteiger charge is 1.98. The second-order valence-electron chi connectivity index (χ2n) is 8.01. The molecule has 0 spiro atoms. The lowest BCUT2D eigenvalue weighted by molar-refractivity contribution is -0.0119. The Morgan fingerprint density at radius 1 is 0.485 bits per heavy atom. The molecule has 0 aliphatic rings. The molecule has 0 saturated carbocycles. The summed E-state index contributed by atoms with van der Waals surface area (Å²) < 4.78 is 32.8. The molecule has 0 aromatic heterocycles. The zero-order valence-corrected chi connectivity index (χ0v) is 21.2. The third kappa shape index (κ3) is 20.0. The van der Waals surface area contributed by atoms with Gasteiger partial charge in [-0.2, -0.15) is 0 Å². The van der Waals surface area contributed by atoms with Crippen LogP contribution in [-0.4, -0.2) is 72.7 Å². The molecule has 1 aromatic carbocycles. The van der Waals surface area contributed by atoms with Crippen molar-refractivity contribution in [3.05, 3.63) is 29.8 Å². The monoisotopic (exact) mass is 468 g/mol. The molecular weight excluding hydrogens is 420 g/mol. The van der Waals surface area contributed by atoms with Crippen molar-refractivity contribution in [2.75, 3.05) is 72.7 Å². The third-order valence-electron chi connectivity index (χ3n) is 5.18. The van der Waals surface area contributed by atoms with E-state index in [-0.39, 0.29) is 0 Å². The smallest absolute Gasteiger partial charge is 0.119 e. The lowest BCUT2D eigenvalue weighted by Crippen LogP contribution is -2.14. The summed E-state index contributed by atoms with van der Waals surface area (Å²) >= 11 is 0. The van der Waals surface area contributed by atoms with Gasteiger partial charge >= 0.3 is 0 Å². The number of aryl methyl sites for hydroxylation is 1. The normalized spacial score (nSPS) is 11.2. The Balaban J connectivity index is 1.84. The molecule has 6 nitrogen and oxygen atoms in total. The van der Waals surface area contributed by atoms with Crippen molar-refractivity contribution < 1.29 is 28.4 Å². The van der Waals surface area contributed by atoms with Crippen LogP contribution in [0, 0.1) is 0 Å². The predicted octanol–water partition coefficient (Wildman–Crippen LogP) is 5.46. The molecule has 0 unspecified atom stereocenters. The molecule has 192 valence electrons. The van der Waals surface area contributed by atoms with E-state index in [9.17, 15) is 0 Å². The van der Waals surface area contributed by atoms with Gasteiger partial charge in [-0.05, 0) is 37.5 Å². The highest BCUT2D eigenvalue weighted by molar-refractivity contribution is 5.27. The third-order valence-corrected chi connectivity index (χ3v) is 5.18. The van der Waals surface area contributed by atoms with Crippen molar-refractivity contribution in [2.24, 2.45) is 0 Å². The zero-order chi connectivity index (χ0) is 23.7. The summed E-state index contributed by atoms with van der Waals surface area (Å²) in [4.78, 5) is 0. The van der Waals surface area contributed by atoms with Gasteiger partial charge in [-0.1, -0.05) is 57.6 Å². The van der Waals surface area contributed by atoms with Crippen molar-refractivity contribution in [1.82, 2.24) is 0 Å². The molecule has 0 amide bonds. The predicted molar refractivity (Wildman–Crippen MR) is 133 cm³/mol. The van der Waals surface area contributed by atoms with Crippen molar-refractivity contribution in [2.45, 2.75) is 65.2 Å². The van der Waals surface area contributed by atoms with Crippen LogP contribution < -0.4 is 4.74 Å². The summed E-state index contributed by atoms with van der Waals surface area (Å²) in [6.07, 6.45) is 10.6. The first-order chi connectivity index (χ1) is 16.4. The molecule has 0 fully saturated rings. The standard InChI is InChI=1S/C27H48O6/c1-3-5-6-7-8-9-10-11-26-12-14-27(15-13-26)33-25-24-32-23-22-31-21-20-30-19-18-29-17-16-28-4-2/h12-15H,3-11,16-25H2,1-2H3. The summed E-state index contributed by atoms with van der Waals surface area (Å²) in [6, 6.07) is 8.47. The van der Waals surface area contributed by atoms with Gasteiger partial charge in [-0.3, -0.25) is 0 Å². The van der Waals surface area contributed by atoms with Crippen LogP contribution in [0.25, 0.3) is 0 Å². The first-order valence-electron chi connectivity index (χ1n) is 13.0. The molecule has 6 heteroatoms. The van der Waals surface area contributed by atoms with E-state index in [2.05, 4.69) is 31.2 Å². The molecule has 1 rings (SSSR count). The fourth-order valence-electron chi connectivity index (χ4n) is 3.28. The second-order valence-corrected chi connectivity index (χ2v) is 8.01. The lowest BCUT2D eigenvalue weighted by atomic mass is 10.0. The number of unbranched alkanes of at least 4 members (excludes halogenated alkanes) is 6. The maximum atomic E-state index is 5.75. The summed E-state index contributed by atoms with van der Waals surface area (Å²) in [5, 5.41) is 0. The van der Waals surface area contributed by atoms with E-state index in [0.717, 1.165) is 18.8 Å². The highest BCUT2D eigenvalue weighted by Crippen LogP contribution is 2.15. The summed E-state index contributed by atoms with van der Waals surface area (Å²) in [7, 11) is 0. The quantitative estimate of drug-likeness (QED) is 0.178. The molecule has 33 heavy (non-hydrogen) atoms. The van der Waals surface area contributed by atoms with Crippen molar-refractivity contribution in [1.29, 1.82) is 0 Å². The van der Waals surface area contributed by atoms with Crippen LogP contribution in [0.2, 0.25) is 0 Å². The van der Waals surface area contributed by atoms with Crippen LogP contribution in [0.4, 0.5) is 0 Å². The van der Waals surface area contributed by atoms with E-state index in [4.69, 9.17) is 28.4 Å². The van der Waals surface area contributed by atoms with Crippen LogP contribution in [0.3, 0.4) is 0 Å². The first-order valence-corrected chi connectivity index (χ1v) is 13.0. The van der Waals surface area contributed by atoms with E-state index >= 15 is 0 Å². The van der Waals surface area contributed by atoms with Gasteiger partial charge in [0.15, 0.2) is 0 Å². The van der Waals surface area contributed by atoms with E-state index < -0.39 is 0 Å². The number of ether oxygens (including phenoxy) is 6. The summed E-state index contributed by atoms with van der Waals surface area (Å²) in [5.41, 5.74) is 1.39. The number of rotatable bonds is 25.